The summed E-state index contributed by atoms with van der Waals surface area (Å²) in [5.41, 5.74) is 1.45. The molecule has 1 heterocycles. The van der Waals surface area contributed by atoms with Crippen LogP contribution in [-0.2, 0) is 6.54 Å². The van der Waals surface area contributed by atoms with Crippen molar-refractivity contribution in [3.8, 4) is 0 Å². The topological polar surface area (TPSA) is 12.0 Å². The van der Waals surface area contributed by atoms with Gasteiger partial charge >= 0.3 is 0 Å². The molecule has 1 aromatic rings. The Morgan fingerprint density at radius 3 is 3.00 bits per heavy atom. The van der Waals surface area contributed by atoms with Crippen LogP contribution in [0.4, 0.5) is 0 Å². The van der Waals surface area contributed by atoms with E-state index in [9.17, 15) is 0 Å². The number of aryl methyl sites for hydroxylation is 1. The first-order valence-corrected chi connectivity index (χ1v) is 6.49. The van der Waals surface area contributed by atoms with Crippen LogP contribution < -0.4 is 5.32 Å². The van der Waals surface area contributed by atoms with E-state index in [0.717, 1.165) is 24.4 Å². The number of hydrogen-bond donors (Lipinski definition) is 1. The van der Waals surface area contributed by atoms with Crippen LogP contribution in [0.15, 0.2) is 11.4 Å². The Labute approximate surface area is 89.5 Å². The van der Waals surface area contributed by atoms with E-state index >= 15 is 0 Å². The van der Waals surface area contributed by atoms with Gasteiger partial charge in [-0.2, -0.15) is 0 Å². The Morgan fingerprint density at radius 1 is 1.50 bits per heavy atom. The third kappa shape index (κ3) is 1.51. The van der Waals surface area contributed by atoms with Crippen LogP contribution >= 0.6 is 11.3 Å². The second-order valence-electron chi connectivity index (χ2n) is 4.75. The minimum Gasteiger partial charge on any atom is -0.309 e. The van der Waals surface area contributed by atoms with Gasteiger partial charge in [0, 0.05) is 17.5 Å². The molecule has 3 unspecified atom stereocenters. The lowest BCUT2D eigenvalue weighted by molar-refractivity contribution is 0.476. The predicted molar refractivity (Wildman–Crippen MR) is 60.5 cm³/mol. The molecule has 2 fully saturated rings. The molecule has 3 rings (SSSR count). The Balaban J connectivity index is 1.56. The van der Waals surface area contributed by atoms with Crippen LogP contribution in [0.2, 0.25) is 0 Å². The summed E-state index contributed by atoms with van der Waals surface area (Å²) in [6, 6.07) is 3.05. The third-order valence-electron chi connectivity index (χ3n) is 3.84. The van der Waals surface area contributed by atoms with Gasteiger partial charge in [-0.1, -0.05) is 0 Å². The fourth-order valence-corrected chi connectivity index (χ4v) is 3.62. The largest absolute Gasteiger partial charge is 0.309 e. The summed E-state index contributed by atoms with van der Waals surface area (Å²) in [4.78, 5) is 1.52. The molecule has 76 valence electrons. The lowest BCUT2D eigenvalue weighted by Crippen LogP contribution is -2.28. The van der Waals surface area contributed by atoms with Gasteiger partial charge in [-0.25, -0.2) is 0 Å². The smallest absolute Gasteiger partial charge is 0.0305 e. The van der Waals surface area contributed by atoms with Crippen molar-refractivity contribution in [1.29, 1.82) is 0 Å². The molecule has 2 heteroatoms. The first-order chi connectivity index (χ1) is 6.84. The van der Waals surface area contributed by atoms with Gasteiger partial charge in [-0.15, -0.1) is 11.3 Å². The van der Waals surface area contributed by atoms with Gasteiger partial charge in [0.1, 0.15) is 0 Å². The van der Waals surface area contributed by atoms with Crippen LogP contribution in [0.5, 0.6) is 0 Å². The highest BCUT2D eigenvalue weighted by atomic mass is 32.1. The first-order valence-electron chi connectivity index (χ1n) is 5.61. The molecular formula is C12H17NS. The van der Waals surface area contributed by atoms with E-state index < -0.39 is 0 Å². The maximum Gasteiger partial charge on any atom is 0.0305 e. The van der Waals surface area contributed by atoms with Crippen molar-refractivity contribution in [1.82, 2.24) is 5.32 Å². The van der Waals surface area contributed by atoms with E-state index in [1.54, 1.807) is 0 Å². The van der Waals surface area contributed by atoms with Gasteiger partial charge in [-0.05, 0) is 55.0 Å². The molecular weight excluding hydrogens is 190 g/mol. The van der Waals surface area contributed by atoms with Crippen LogP contribution in [0.1, 0.15) is 29.7 Å². The molecule has 0 saturated heterocycles. The van der Waals surface area contributed by atoms with Crippen LogP contribution in [0.25, 0.3) is 0 Å². The molecule has 0 radical (unpaired) electrons. The number of nitrogens with one attached hydrogen (secondary N) is 1. The highest BCUT2D eigenvalue weighted by molar-refractivity contribution is 7.10. The molecule has 2 saturated carbocycles. The first kappa shape index (κ1) is 8.93. The number of hydrogen-bond acceptors (Lipinski definition) is 2. The van der Waals surface area contributed by atoms with Crippen molar-refractivity contribution in [2.24, 2.45) is 11.8 Å². The van der Waals surface area contributed by atoms with E-state index in [2.05, 4.69) is 23.7 Å². The summed E-state index contributed by atoms with van der Waals surface area (Å²) in [5, 5.41) is 5.92. The molecule has 1 nitrogen and oxygen atoms in total. The second-order valence-corrected chi connectivity index (χ2v) is 5.75. The normalized spacial score (nSPS) is 34.5. The molecule has 0 bridgehead atoms. The molecule has 0 aromatic carbocycles. The highest BCUT2D eigenvalue weighted by Crippen LogP contribution is 2.51. The fourth-order valence-electron chi connectivity index (χ4n) is 2.77. The zero-order valence-corrected chi connectivity index (χ0v) is 9.44. The van der Waals surface area contributed by atoms with Crippen molar-refractivity contribution >= 4 is 11.3 Å². The highest BCUT2D eigenvalue weighted by Gasteiger charge is 2.47. The summed E-state index contributed by atoms with van der Waals surface area (Å²) in [5.74, 6) is 2.13. The van der Waals surface area contributed by atoms with Gasteiger partial charge in [0.05, 0.1) is 0 Å². The number of thiophene rings is 1. The zero-order chi connectivity index (χ0) is 9.54. The average Bonchev–Trinajstić information content (AvgIpc) is 2.68. The number of rotatable bonds is 3. The van der Waals surface area contributed by atoms with Crippen molar-refractivity contribution < 1.29 is 0 Å². The molecule has 1 N–H and O–H groups in total. The predicted octanol–water partition coefficient (Wildman–Crippen LogP) is 2.94. The van der Waals surface area contributed by atoms with E-state index in [1.165, 1.54) is 29.7 Å². The molecule has 0 spiro atoms. The Morgan fingerprint density at radius 2 is 2.43 bits per heavy atom. The van der Waals surface area contributed by atoms with Gasteiger partial charge in [-0.3, -0.25) is 0 Å². The molecule has 1 aromatic heterocycles. The zero-order valence-electron chi connectivity index (χ0n) is 8.62. The maximum absolute atomic E-state index is 3.73. The van der Waals surface area contributed by atoms with Crippen molar-refractivity contribution in [2.45, 2.75) is 38.8 Å². The van der Waals surface area contributed by atoms with Gasteiger partial charge in [0.15, 0.2) is 0 Å². The Bertz CT molecular complexity index is 331. The summed E-state index contributed by atoms with van der Waals surface area (Å²) in [6.45, 7) is 3.31. The van der Waals surface area contributed by atoms with Crippen molar-refractivity contribution in [3.05, 3.63) is 21.9 Å². The number of fused-ring (bicyclic) bond motifs is 1. The fraction of sp³-hybridized carbons (Fsp3) is 0.667. The van der Waals surface area contributed by atoms with Crippen molar-refractivity contribution in [2.75, 3.05) is 0 Å². The maximum atomic E-state index is 3.73. The van der Waals surface area contributed by atoms with Gasteiger partial charge in [0.25, 0.3) is 0 Å². The molecule has 14 heavy (non-hydrogen) atoms. The Hall–Kier alpha value is -0.340. The standard InChI is InChI=1S/C12H17NS/c1-8-4-5-14-12(8)7-13-11-3-2-9-6-10(9)11/h4-5,9-11,13H,2-3,6-7H2,1H3. The average molecular weight is 207 g/mol. The SMILES string of the molecule is Cc1ccsc1CNC1CCC2CC21. The monoisotopic (exact) mass is 207 g/mol. The molecule has 2 aliphatic carbocycles. The van der Waals surface area contributed by atoms with Crippen LogP contribution in [-0.4, -0.2) is 6.04 Å². The molecule has 3 atom stereocenters. The van der Waals surface area contributed by atoms with E-state index in [-0.39, 0.29) is 0 Å². The summed E-state index contributed by atoms with van der Waals surface area (Å²) in [6.07, 6.45) is 4.40. The minimum absolute atomic E-state index is 0.835. The summed E-state index contributed by atoms with van der Waals surface area (Å²) < 4.78 is 0. The van der Waals surface area contributed by atoms with Crippen LogP contribution in [0.3, 0.4) is 0 Å². The van der Waals surface area contributed by atoms with Crippen molar-refractivity contribution in [3.63, 3.8) is 0 Å². The Kier molecular flexibility index (Phi) is 2.14. The lowest BCUT2D eigenvalue weighted by atomic mass is 10.1. The van der Waals surface area contributed by atoms with Gasteiger partial charge < -0.3 is 5.32 Å². The van der Waals surface area contributed by atoms with Gasteiger partial charge in [0.2, 0.25) is 0 Å². The summed E-state index contributed by atoms with van der Waals surface area (Å²) in [7, 11) is 0. The third-order valence-corrected chi connectivity index (χ3v) is 4.86. The van der Waals surface area contributed by atoms with E-state index in [4.69, 9.17) is 0 Å². The van der Waals surface area contributed by atoms with Crippen LogP contribution in [0, 0.1) is 18.8 Å². The summed E-state index contributed by atoms with van der Waals surface area (Å²) >= 11 is 1.89. The second kappa shape index (κ2) is 3.35. The quantitative estimate of drug-likeness (QED) is 0.803. The lowest BCUT2D eigenvalue weighted by Gasteiger charge is -2.13. The molecule has 0 aliphatic heterocycles. The van der Waals surface area contributed by atoms with E-state index in [0.29, 0.717) is 0 Å². The van der Waals surface area contributed by atoms with E-state index in [1.807, 2.05) is 11.3 Å². The molecule has 0 amide bonds. The minimum atomic E-state index is 0.835. The molecule has 2 aliphatic rings.